The summed E-state index contributed by atoms with van der Waals surface area (Å²) in [5, 5.41) is 3.17. The Labute approximate surface area is 158 Å². The van der Waals surface area contributed by atoms with E-state index in [1.54, 1.807) is 12.1 Å². The van der Waals surface area contributed by atoms with Crippen LogP contribution in [-0.2, 0) is 11.3 Å². The molecule has 1 aliphatic heterocycles. The summed E-state index contributed by atoms with van der Waals surface area (Å²) in [4.78, 5) is 30.6. The summed E-state index contributed by atoms with van der Waals surface area (Å²) in [6, 6.07) is 7.24. The predicted molar refractivity (Wildman–Crippen MR) is 106 cm³/mol. The van der Waals surface area contributed by atoms with Crippen molar-refractivity contribution in [3.63, 3.8) is 0 Å². The maximum absolute atomic E-state index is 12.7. The lowest BCUT2D eigenvalue weighted by molar-refractivity contribution is -0.128. The number of rotatable bonds is 6. The molecular formula is C20H21N3O2S. The lowest BCUT2D eigenvalue weighted by Crippen LogP contribution is -2.45. The third-order valence-electron chi connectivity index (χ3n) is 4.36. The van der Waals surface area contributed by atoms with Gasteiger partial charge in [-0.1, -0.05) is 43.7 Å². The highest BCUT2D eigenvalue weighted by molar-refractivity contribution is 7.80. The van der Waals surface area contributed by atoms with Gasteiger partial charge in [-0.3, -0.25) is 14.5 Å². The molecule has 1 heterocycles. The number of aliphatic imine (C=N–C) groups is 1. The Kier molecular flexibility index (Phi) is 5.73. The van der Waals surface area contributed by atoms with Crippen LogP contribution in [0.5, 0.6) is 0 Å². The molecule has 0 fully saturated rings. The highest BCUT2D eigenvalue weighted by Crippen LogP contribution is 2.21. The van der Waals surface area contributed by atoms with Crippen LogP contribution in [0.1, 0.15) is 35.7 Å². The second kappa shape index (κ2) is 8.19. The Balaban J connectivity index is 1.67. The molecular weight excluding hydrogens is 346 g/mol. The van der Waals surface area contributed by atoms with Crippen molar-refractivity contribution in [3.8, 4) is 0 Å². The molecule has 1 aromatic carbocycles. The largest absolute Gasteiger partial charge is 0.352 e. The van der Waals surface area contributed by atoms with Crippen LogP contribution in [0.3, 0.4) is 0 Å². The van der Waals surface area contributed by atoms with E-state index >= 15 is 0 Å². The minimum Gasteiger partial charge on any atom is -0.352 e. The number of nitrogens with one attached hydrogen (secondary N) is 1. The number of allylic oxidation sites excluding steroid dienone is 3. The van der Waals surface area contributed by atoms with Gasteiger partial charge in [0.15, 0.2) is 0 Å². The summed E-state index contributed by atoms with van der Waals surface area (Å²) in [6.45, 7) is 3.11. The second-order valence-electron chi connectivity index (χ2n) is 6.27. The maximum Gasteiger partial charge on any atom is 0.251 e. The van der Waals surface area contributed by atoms with Crippen LogP contribution < -0.4 is 5.32 Å². The molecule has 1 unspecified atom stereocenters. The predicted octanol–water partition coefficient (Wildman–Crippen LogP) is 3.03. The first-order chi connectivity index (χ1) is 12.6. The summed E-state index contributed by atoms with van der Waals surface area (Å²) in [5.74, 6) is -0.514. The van der Waals surface area contributed by atoms with Crippen LogP contribution in [0, 0.1) is 5.92 Å². The van der Waals surface area contributed by atoms with Gasteiger partial charge in [-0.2, -0.15) is 0 Å². The number of nitrogens with zero attached hydrogens (tertiary/aromatic N) is 2. The van der Waals surface area contributed by atoms with E-state index < -0.39 is 0 Å². The van der Waals surface area contributed by atoms with Crippen molar-refractivity contribution >= 4 is 34.9 Å². The molecule has 134 valence electrons. The van der Waals surface area contributed by atoms with Crippen LogP contribution >= 0.6 is 12.2 Å². The van der Waals surface area contributed by atoms with Crippen LogP contribution in [0.2, 0.25) is 0 Å². The van der Waals surface area contributed by atoms with Crippen LogP contribution in [0.15, 0.2) is 53.6 Å². The van der Waals surface area contributed by atoms with Crippen molar-refractivity contribution < 1.29 is 9.59 Å². The number of hydrogen-bond donors (Lipinski definition) is 1. The molecule has 0 radical (unpaired) electrons. The Morgan fingerprint density at radius 1 is 1.27 bits per heavy atom. The summed E-state index contributed by atoms with van der Waals surface area (Å²) < 4.78 is 0. The van der Waals surface area contributed by atoms with Crippen molar-refractivity contribution in [2.24, 2.45) is 10.9 Å². The molecule has 1 atom stereocenters. The average Bonchev–Trinajstić information content (AvgIpc) is 2.66. The standard InChI is InChI=1S/C20H21N3O2S/c1-2-3-12-21-18(24)15-10-8-14(9-11-15)13-23-19(25)16-6-4-5-7-17(16)22-20(23)26/h4-11,16H,2-3,12-13H2,1H3,(H,21,24). The molecule has 0 spiro atoms. The fourth-order valence-electron chi connectivity index (χ4n) is 2.85. The number of thiocarbonyl (C=S) groups is 1. The maximum atomic E-state index is 12.7. The van der Waals surface area contributed by atoms with E-state index in [2.05, 4.69) is 17.2 Å². The summed E-state index contributed by atoms with van der Waals surface area (Å²) in [5.41, 5.74) is 2.20. The Hall–Kier alpha value is -2.60. The van der Waals surface area contributed by atoms with Gasteiger partial charge >= 0.3 is 0 Å². The number of carbonyl (C=O) groups is 2. The van der Waals surface area contributed by atoms with Crippen molar-refractivity contribution in [3.05, 3.63) is 59.7 Å². The molecule has 2 amide bonds. The number of carbonyl (C=O) groups excluding carboxylic acids is 2. The Morgan fingerprint density at radius 2 is 2.04 bits per heavy atom. The fraction of sp³-hybridized carbons (Fsp3) is 0.300. The molecule has 0 saturated heterocycles. The molecule has 5 nitrogen and oxygen atoms in total. The van der Waals surface area contributed by atoms with Gasteiger partial charge in [0.1, 0.15) is 0 Å². The molecule has 3 rings (SSSR count). The SMILES string of the molecule is CCCCNC(=O)c1ccc(CN2C(=O)C3C=CC=CC3=NC2=S)cc1. The summed E-state index contributed by atoms with van der Waals surface area (Å²) >= 11 is 5.29. The van der Waals surface area contributed by atoms with Crippen molar-refractivity contribution in [1.29, 1.82) is 0 Å². The zero-order chi connectivity index (χ0) is 18.5. The van der Waals surface area contributed by atoms with E-state index in [0.717, 1.165) is 18.4 Å². The Bertz CT molecular complexity index is 809. The second-order valence-corrected chi connectivity index (χ2v) is 6.64. The van der Waals surface area contributed by atoms with Crippen LogP contribution in [-0.4, -0.2) is 34.1 Å². The van der Waals surface area contributed by atoms with Gasteiger partial charge in [0.25, 0.3) is 5.91 Å². The number of amides is 2. The minimum atomic E-state index is -0.365. The fourth-order valence-corrected chi connectivity index (χ4v) is 3.11. The molecule has 0 bridgehead atoms. The first-order valence-electron chi connectivity index (χ1n) is 8.76. The first-order valence-corrected chi connectivity index (χ1v) is 9.17. The van der Waals surface area contributed by atoms with Gasteiger partial charge in [0, 0.05) is 12.1 Å². The van der Waals surface area contributed by atoms with E-state index in [1.165, 1.54) is 4.90 Å². The van der Waals surface area contributed by atoms with E-state index in [0.29, 0.717) is 24.4 Å². The number of fused-ring (bicyclic) bond motifs is 1. The lowest BCUT2D eigenvalue weighted by atomic mass is 9.95. The quantitative estimate of drug-likeness (QED) is 0.621. The van der Waals surface area contributed by atoms with Crippen molar-refractivity contribution in [2.45, 2.75) is 26.3 Å². The molecule has 1 aromatic rings. The molecule has 0 saturated carbocycles. The van der Waals surface area contributed by atoms with Gasteiger partial charge in [-0.15, -0.1) is 0 Å². The average molecular weight is 367 g/mol. The van der Waals surface area contributed by atoms with Crippen molar-refractivity contribution in [2.75, 3.05) is 6.54 Å². The van der Waals surface area contributed by atoms with Gasteiger partial charge in [-0.25, -0.2) is 4.99 Å². The molecule has 1 N–H and O–H groups in total. The highest BCUT2D eigenvalue weighted by Gasteiger charge is 2.33. The zero-order valence-electron chi connectivity index (χ0n) is 14.6. The Morgan fingerprint density at radius 3 is 2.77 bits per heavy atom. The smallest absolute Gasteiger partial charge is 0.251 e. The molecule has 26 heavy (non-hydrogen) atoms. The number of hydrogen-bond acceptors (Lipinski definition) is 3. The van der Waals surface area contributed by atoms with E-state index in [-0.39, 0.29) is 22.8 Å². The molecule has 0 aromatic heterocycles. The minimum absolute atomic E-state index is 0.0676. The van der Waals surface area contributed by atoms with E-state index in [1.807, 2.05) is 36.4 Å². The van der Waals surface area contributed by atoms with Gasteiger partial charge < -0.3 is 5.32 Å². The summed E-state index contributed by atoms with van der Waals surface area (Å²) in [7, 11) is 0. The number of benzene rings is 1. The first kappa shape index (κ1) is 18.2. The van der Waals surface area contributed by atoms with E-state index in [9.17, 15) is 9.59 Å². The number of unbranched alkanes of at least 4 members (excludes halogenated alkanes) is 1. The van der Waals surface area contributed by atoms with Gasteiger partial charge in [-0.05, 0) is 42.4 Å². The topological polar surface area (TPSA) is 61.8 Å². The molecule has 2 aliphatic rings. The van der Waals surface area contributed by atoms with Crippen molar-refractivity contribution in [1.82, 2.24) is 10.2 Å². The zero-order valence-corrected chi connectivity index (χ0v) is 15.5. The highest BCUT2D eigenvalue weighted by atomic mass is 32.1. The van der Waals surface area contributed by atoms with E-state index in [4.69, 9.17) is 12.2 Å². The third-order valence-corrected chi connectivity index (χ3v) is 4.67. The molecule has 6 heteroatoms. The van der Waals surface area contributed by atoms with Gasteiger partial charge in [0.05, 0.1) is 18.2 Å². The van der Waals surface area contributed by atoms with Crippen LogP contribution in [0.25, 0.3) is 0 Å². The van der Waals surface area contributed by atoms with Gasteiger partial charge in [0.2, 0.25) is 11.0 Å². The third kappa shape index (κ3) is 3.96. The normalized spacial score (nSPS) is 18.6. The van der Waals surface area contributed by atoms with Crippen LogP contribution in [0.4, 0.5) is 0 Å². The monoisotopic (exact) mass is 367 g/mol. The summed E-state index contributed by atoms with van der Waals surface area (Å²) in [6.07, 6.45) is 9.36. The molecule has 1 aliphatic carbocycles. The lowest BCUT2D eigenvalue weighted by Gasteiger charge is -2.30.